The molecule has 2 aliphatic heterocycles. The molecule has 6 nitrogen and oxygen atoms in total. The van der Waals surface area contributed by atoms with Crippen LogP contribution < -0.4 is 14.6 Å². The molecular weight excluding hydrogens is 306 g/mol. The van der Waals surface area contributed by atoms with Crippen molar-refractivity contribution < 1.29 is 24.2 Å². The molecule has 1 saturated heterocycles. The van der Waals surface area contributed by atoms with Crippen molar-refractivity contribution in [2.75, 3.05) is 14.2 Å². The van der Waals surface area contributed by atoms with Crippen molar-refractivity contribution in [2.24, 2.45) is 0 Å². The van der Waals surface area contributed by atoms with E-state index in [4.69, 9.17) is 9.47 Å². The van der Waals surface area contributed by atoms with Gasteiger partial charge in [0.1, 0.15) is 5.37 Å². The van der Waals surface area contributed by atoms with Crippen molar-refractivity contribution in [1.82, 2.24) is 4.90 Å². The van der Waals surface area contributed by atoms with Crippen molar-refractivity contribution in [3.63, 3.8) is 0 Å². The van der Waals surface area contributed by atoms with E-state index in [0.29, 0.717) is 17.1 Å². The second-order valence-corrected chi connectivity index (χ2v) is 7.51. The van der Waals surface area contributed by atoms with E-state index in [2.05, 4.69) is 0 Å². The van der Waals surface area contributed by atoms with Crippen LogP contribution in [0.5, 0.6) is 11.5 Å². The predicted molar refractivity (Wildman–Crippen MR) is 78.9 cm³/mol. The summed E-state index contributed by atoms with van der Waals surface area (Å²) in [6.45, 7) is 3.62. The molecule has 0 aromatic heterocycles. The van der Waals surface area contributed by atoms with Crippen LogP contribution in [0.15, 0.2) is 12.1 Å². The zero-order chi connectivity index (χ0) is 16.2. The summed E-state index contributed by atoms with van der Waals surface area (Å²) in [5.41, 5.74) is 1.13. The minimum absolute atomic E-state index is 0.343. The number of hydrogen-bond donors (Lipinski definition) is 0. The first-order chi connectivity index (χ1) is 10.3. The highest BCUT2D eigenvalue weighted by molar-refractivity contribution is 8.01. The van der Waals surface area contributed by atoms with Gasteiger partial charge in [-0.3, -0.25) is 4.79 Å². The lowest BCUT2D eigenvalue weighted by molar-refractivity contribution is -0.311. The molecular formula is C15H16NO5S-. The van der Waals surface area contributed by atoms with Crippen LogP contribution in [-0.2, 0) is 4.79 Å². The number of carbonyl (C=O) groups excluding carboxylic acids is 2. The second kappa shape index (κ2) is 4.81. The molecule has 1 fully saturated rings. The van der Waals surface area contributed by atoms with Crippen LogP contribution in [0, 0.1) is 0 Å². The molecule has 1 aromatic carbocycles. The number of hydrogen-bond acceptors (Lipinski definition) is 6. The highest BCUT2D eigenvalue weighted by atomic mass is 32.2. The summed E-state index contributed by atoms with van der Waals surface area (Å²) in [5, 5.41) is 11.2. The number of ether oxygens (including phenoxy) is 2. The molecule has 2 aliphatic rings. The lowest BCUT2D eigenvalue weighted by Gasteiger charge is -2.31. The number of carboxylic acids is 1. The standard InChI is InChI=1S/C15H17NO5S/c1-15(2)11(14(18)19)16-12(17)9-7(13(16)22-15)5-6-8(20-3)10(9)21-4/h5-6,11,13H,1-4H3,(H,18,19)/p-1/t11-,13+/m1/s1. The summed E-state index contributed by atoms with van der Waals surface area (Å²) in [6, 6.07) is 2.53. The van der Waals surface area contributed by atoms with E-state index < -0.39 is 16.8 Å². The van der Waals surface area contributed by atoms with Gasteiger partial charge >= 0.3 is 0 Å². The Morgan fingerprint density at radius 2 is 2.00 bits per heavy atom. The molecule has 0 unspecified atom stereocenters. The lowest BCUT2D eigenvalue weighted by atomic mass is 10.0. The zero-order valence-corrected chi connectivity index (χ0v) is 13.5. The van der Waals surface area contributed by atoms with Crippen molar-refractivity contribution in [1.29, 1.82) is 0 Å². The maximum Gasteiger partial charge on any atom is 0.259 e. The van der Waals surface area contributed by atoms with Gasteiger partial charge in [0, 0.05) is 10.3 Å². The molecule has 0 N–H and O–H groups in total. The summed E-state index contributed by atoms with van der Waals surface area (Å²) in [5.74, 6) is -0.810. The lowest BCUT2D eigenvalue weighted by Crippen LogP contribution is -2.53. The Kier molecular flexibility index (Phi) is 3.28. The largest absolute Gasteiger partial charge is 0.548 e. The quantitative estimate of drug-likeness (QED) is 0.819. The Hall–Kier alpha value is -1.89. The first-order valence-electron chi connectivity index (χ1n) is 6.79. The molecule has 0 radical (unpaired) electrons. The number of nitrogens with zero attached hydrogens (tertiary/aromatic N) is 1. The van der Waals surface area contributed by atoms with Gasteiger partial charge < -0.3 is 24.3 Å². The van der Waals surface area contributed by atoms with Crippen LogP contribution >= 0.6 is 11.8 Å². The van der Waals surface area contributed by atoms with E-state index in [-0.39, 0.29) is 11.3 Å². The first kappa shape index (κ1) is 15.0. The van der Waals surface area contributed by atoms with E-state index >= 15 is 0 Å². The Morgan fingerprint density at radius 3 is 2.55 bits per heavy atom. The van der Waals surface area contributed by atoms with Gasteiger partial charge in [-0.25, -0.2) is 0 Å². The van der Waals surface area contributed by atoms with E-state index in [1.165, 1.54) is 30.9 Å². The average Bonchev–Trinajstić information content (AvgIpc) is 2.88. The number of carboxylic acid groups (broad SMARTS) is 1. The molecule has 0 saturated carbocycles. The number of benzene rings is 1. The van der Waals surface area contributed by atoms with Gasteiger partial charge in [0.05, 0.1) is 31.8 Å². The van der Waals surface area contributed by atoms with E-state index in [0.717, 1.165) is 5.56 Å². The van der Waals surface area contributed by atoms with Gasteiger partial charge in [0.15, 0.2) is 11.5 Å². The Morgan fingerprint density at radius 1 is 1.32 bits per heavy atom. The summed E-state index contributed by atoms with van der Waals surface area (Å²) in [4.78, 5) is 25.8. The number of amides is 1. The predicted octanol–water partition coefficient (Wildman–Crippen LogP) is 0.802. The van der Waals surface area contributed by atoms with E-state index in [1.54, 1.807) is 12.1 Å². The van der Waals surface area contributed by atoms with Gasteiger partial charge in [0.25, 0.3) is 5.91 Å². The minimum atomic E-state index is -1.24. The minimum Gasteiger partial charge on any atom is -0.548 e. The van der Waals surface area contributed by atoms with Crippen LogP contribution in [0.2, 0.25) is 0 Å². The topological polar surface area (TPSA) is 78.9 Å². The Bertz CT molecular complexity index is 672. The molecule has 0 bridgehead atoms. The zero-order valence-electron chi connectivity index (χ0n) is 12.7. The number of thioether (sulfide) groups is 1. The normalized spacial score (nSPS) is 24.9. The first-order valence-corrected chi connectivity index (χ1v) is 7.67. The van der Waals surface area contributed by atoms with Crippen LogP contribution in [-0.4, -0.2) is 41.8 Å². The fraction of sp³-hybridized carbons (Fsp3) is 0.467. The van der Waals surface area contributed by atoms with Crippen LogP contribution in [0.3, 0.4) is 0 Å². The van der Waals surface area contributed by atoms with E-state index in [1.807, 2.05) is 13.8 Å². The Labute approximate surface area is 132 Å². The summed E-state index contributed by atoms with van der Waals surface area (Å²) >= 11 is 1.44. The monoisotopic (exact) mass is 322 g/mol. The smallest absolute Gasteiger partial charge is 0.259 e. The molecule has 2 atom stereocenters. The summed E-state index contributed by atoms with van der Waals surface area (Å²) < 4.78 is 9.91. The van der Waals surface area contributed by atoms with Crippen LogP contribution in [0.25, 0.3) is 0 Å². The summed E-state index contributed by atoms with van der Waals surface area (Å²) in [6.07, 6.45) is 0. The fourth-order valence-electron chi connectivity index (χ4n) is 3.21. The average molecular weight is 322 g/mol. The molecule has 0 spiro atoms. The number of fused-ring (bicyclic) bond motifs is 3. The number of rotatable bonds is 3. The SMILES string of the molecule is COc1ccc2c(c1OC)C(=O)N1[C@H]2SC(C)(C)[C@H]1C(=O)[O-]. The van der Waals surface area contributed by atoms with Gasteiger partial charge in [0.2, 0.25) is 0 Å². The molecule has 1 amide bonds. The van der Waals surface area contributed by atoms with Crippen LogP contribution in [0.4, 0.5) is 0 Å². The third kappa shape index (κ3) is 1.81. The molecule has 0 aliphatic carbocycles. The summed E-state index contributed by atoms with van der Waals surface area (Å²) in [7, 11) is 2.95. The molecule has 3 rings (SSSR count). The van der Waals surface area contributed by atoms with Crippen LogP contribution in [0.1, 0.15) is 35.1 Å². The Balaban J connectivity index is 2.17. The maximum absolute atomic E-state index is 12.8. The third-order valence-corrected chi connectivity index (χ3v) is 5.66. The molecule has 118 valence electrons. The highest BCUT2D eigenvalue weighted by Gasteiger charge is 2.56. The number of methoxy groups -OCH3 is 2. The second-order valence-electron chi connectivity index (χ2n) is 5.77. The fourth-order valence-corrected chi connectivity index (χ4v) is 4.78. The van der Waals surface area contributed by atoms with Gasteiger partial charge in [-0.05, 0) is 19.9 Å². The molecule has 7 heteroatoms. The molecule has 22 heavy (non-hydrogen) atoms. The van der Waals surface area contributed by atoms with Crippen molar-refractivity contribution >= 4 is 23.6 Å². The third-order valence-electron chi connectivity index (χ3n) is 4.12. The van der Waals surface area contributed by atoms with Crippen molar-refractivity contribution in [3.05, 3.63) is 23.3 Å². The molecule has 1 aromatic rings. The maximum atomic E-state index is 12.8. The van der Waals surface area contributed by atoms with Gasteiger partial charge in [-0.2, -0.15) is 0 Å². The number of carbonyl (C=O) groups is 2. The number of aliphatic carboxylic acids is 1. The molecule has 2 heterocycles. The van der Waals surface area contributed by atoms with E-state index in [9.17, 15) is 14.7 Å². The van der Waals surface area contributed by atoms with Crippen molar-refractivity contribution in [2.45, 2.75) is 30.0 Å². The van der Waals surface area contributed by atoms with Crippen molar-refractivity contribution in [3.8, 4) is 11.5 Å². The van der Waals surface area contributed by atoms with Gasteiger partial charge in [-0.15, -0.1) is 11.8 Å². The van der Waals surface area contributed by atoms with Gasteiger partial charge in [-0.1, -0.05) is 6.07 Å². The highest BCUT2D eigenvalue weighted by Crippen LogP contribution is 2.58.